The van der Waals surface area contributed by atoms with Gasteiger partial charge in [0.25, 0.3) is 0 Å². The number of nitrogens with one attached hydrogen (secondary N) is 1. The number of carbonyl (C=O) groups is 3. The van der Waals surface area contributed by atoms with Crippen LogP contribution in [-0.4, -0.2) is 71.5 Å². The lowest BCUT2D eigenvalue weighted by Gasteiger charge is -2.29. The van der Waals surface area contributed by atoms with E-state index in [0.29, 0.717) is 18.6 Å². The summed E-state index contributed by atoms with van der Waals surface area (Å²) in [6.45, 7) is 5.78. The van der Waals surface area contributed by atoms with E-state index in [1.165, 1.54) is 16.7 Å². The zero-order valence-electron chi connectivity index (χ0n) is 21.9. The van der Waals surface area contributed by atoms with Gasteiger partial charge < -0.3 is 19.9 Å². The summed E-state index contributed by atoms with van der Waals surface area (Å²) in [5.41, 5.74) is 3.78. The van der Waals surface area contributed by atoms with Crippen LogP contribution in [0, 0.1) is 0 Å². The molecule has 0 spiro atoms. The molecule has 0 bridgehead atoms. The van der Waals surface area contributed by atoms with Crippen molar-refractivity contribution in [1.29, 1.82) is 0 Å². The van der Waals surface area contributed by atoms with Crippen LogP contribution >= 0.6 is 11.8 Å². The van der Waals surface area contributed by atoms with Crippen LogP contribution in [0.15, 0.2) is 48.5 Å². The number of nitrogens with zero attached hydrogens (tertiary/aromatic N) is 1. The number of amides is 2. The van der Waals surface area contributed by atoms with Gasteiger partial charge in [0.05, 0.1) is 0 Å². The molecule has 200 valence electrons. The lowest BCUT2D eigenvalue weighted by Crippen LogP contribution is -2.47. The number of carboxylic acid groups (broad SMARTS) is 1. The fourth-order valence-corrected chi connectivity index (χ4v) is 4.91. The van der Waals surface area contributed by atoms with E-state index >= 15 is 0 Å². The summed E-state index contributed by atoms with van der Waals surface area (Å²) in [6, 6.07) is 15.1. The number of carboxylic acids is 1. The normalized spacial score (nSPS) is 13.3. The van der Waals surface area contributed by atoms with Gasteiger partial charge in [-0.05, 0) is 67.9 Å². The monoisotopic (exact) mass is 528 g/mol. The predicted octanol–water partition coefficient (Wildman–Crippen LogP) is 5.36. The van der Waals surface area contributed by atoms with Crippen LogP contribution in [0.4, 0.5) is 9.59 Å². The third-order valence-electron chi connectivity index (χ3n) is 6.07. The van der Waals surface area contributed by atoms with E-state index in [0.717, 1.165) is 22.3 Å². The number of aliphatic carboxylic acids is 1. The molecular weight excluding hydrogens is 492 g/mol. The molecule has 0 radical (unpaired) electrons. The molecule has 2 amide bonds. The first kappa shape index (κ1) is 28.4. The van der Waals surface area contributed by atoms with E-state index in [1.807, 2.05) is 42.7 Å². The van der Waals surface area contributed by atoms with Crippen LogP contribution < -0.4 is 5.32 Å². The van der Waals surface area contributed by atoms with E-state index in [4.69, 9.17) is 9.47 Å². The molecule has 0 unspecified atom stereocenters. The number of carbonyl (C=O) groups excluding carboxylic acids is 2. The van der Waals surface area contributed by atoms with Crippen molar-refractivity contribution >= 4 is 29.9 Å². The Morgan fingerprint density at radius 3 is 2.19 bits per heavy atom. The van der Waals surface area contributed by atoms with Crippen LogP contribution in [0.25, 0.3) is 11.1 Å². The Kier molecular flexibility index (Phi) is 9.86. The highest BCUT2D eigenvalue weighted by Crippen LogP contribution is 2.44. The van der Waals surface area contributed by atoms with Gasteiger partial charge in [-0.15, -0.1) is 0 Å². The lowest BCUT2D eigenvalue weighted by atomic mass is 9.98. The molecule has 0 fully saturated rings. The molecule has 8 nitrogen and oxygen atoms in total. The molecular formula is C28H36N2O6S. The molecule has 1 aliphatic carbocycles. The van der Waals surface area contributed by atoms with Crippen molar-refractivity contribution in [3.05, 3.63) is 59.7 Å². The van der Waals surface area contributed by atoms with Gasteiger partial charge in [-0.3, -0.25) is 4.90 Å². The number of fused-ring (bicyclic) bond motifs is 3. The molecule has 0 saturated heterocycles. The zero-order chi connectivity index (χ0) is 27.0. The van der Waals surface area contributed by atoms with E-state index < -0.39 is 29.8 Å². The maximum absolute atomic E-state index is 13.3. The largest absolute Gasteiger partial charge is 0.480 e. The highest BCUT2D eigenvalue weighted by atomic mass is 32.2. The molecule has 2 aromatic rings. The highest BCUT2D eigenvalue weighted by Gasteiger charge is 2.33. The number of ether oxygens (including phenoxy) is 2. The highest BCUT2D eigenvalue weighted by molar-refractivity contribution is 7.98. The molecule has 0 aromatic heterocycles. The van der Waals surface area contributed by atoms with E-state index in [9.17, 15) is 19.5 Å². The molecule has 3 rings (SSSR count). The number of hydrogen-bond donors (Lipinski definition) is 2. The second kappa shape index (κ2) is 12.9. The van der Waals surface area contributed by atoms with Crippen molar-refractivity contribution in [2.24, 2.45) is 0 Å². The standard InChI is InChI=1S/C28H36N2O6S/c1-28(2,3)36-26(33)29-15-9-16-30(24(25(31)32)14-17-37-4)27(34)35-18-23-21-12-7-5-10-19(21)20-11-6-8-13-22(20)23/h5-8,10-13,23-24H,9,14-18H2,1-4H3,(H,29,33)(H,31,32)/t24-/m0/s1. The van der Waals surface area contributed by atoms with Gasteiger partial charge in [0.15, 0.2) is 0 Å². The number of rotatable bonds is 11. The molecule has 37 heavy (non-hydrogen) atoms. The Labute approximate surface area is 222 Å². The van der Waals surface area contributed by atoms with Gasteiger partial charge in [0.2, 0.25) is 0 Å². The van der Waals surface area contributed by atoms with E-state index in [-0.39, 0.29) is 25.6 Å². The van der Waals surface area contributed by atoms with Crippen molar-refractivity contribution in [3.8, 4) is 11.1 Å². The van der Waals surface area contributed by atoms with Crippen molar-refractivity contribution in [3.63, 3.8) is 0 Å². The van der Waals surface area contributed by atoms with E-state index in [2.05, 4.69) is 17.4 Å². The summed E-state index contributed by atoms with van der Waals surface area (Å²) in [6.07, 6.45) is 1.30. The van der Waals surface area contributed by atoms with Crippen molar-refractivity contribution < 1.29 is 29.0 Å². The van der Waals surface area contributed by atoms with Crippen LogP contribution in [-0.2, 0) is 14.3 Å². The Hall–Kier alpha value is -3.20. The van der Waals surface area contributed by atoms with Crippen LogP contribution in [0.5, 0.6) is 0 Å². The summed E-state index contributed by atoms with van der Waals surface area (Å²) in [5.74, 6) is -0.621. The molecule has 0 aliphatic heterocycles. The summed E-state index contributed by atoms with van der Waals surface area (Å²) in [4.78, 5) is 38.6. The minimum Gasteiger partial charge on any atom is -0.480 e. The minimum atomic E-state index is -1.08. The van der Waals surface area contributed by atoms with Gasteiger partial charge in [0, 0.05) is 19.0 Å². The van der Waals surface area contributed by atoms with Crippen molar-refractivity contribution in [2.75, 3.05) is 31.7 Å². The first-order chi connectivity index (χ1) is 17.6. The second-order valence-corrected chi connectivity index (χ2v) is 10.9. The summed E-state index contributed by atoms with van der Waals surface area (Å²) < 4.78 is 11.0. The molecule has 0 saturated carbocycles. The van der Waals surface area contributed by atoms with Gasteiger partial charge >= 0.3 is 18.2 Å². The topological polar surface area (TPSA) is 105 Å². The fourth-order valence-electron chi connectivity index (χ4n) is 4.45. The molecule has 0 heterocycles. The quantitative estimate of drug-likeness (QED) is 0.378. The van der Waals surface area contributed by atoms with Crippen LogP contribution in [0.2, 0.25) is 0 Å². The number of benzene rings is 2. The smallest absolute Gasteiger partial charge is 0.410 e. The molecule has 1 atom stereocenters. The molecule has 9 heteroatoms. The summed E-state index contributed by atoms with van der Waals surface area (Å²) >= 11 is 1.52. The number of alkyl carbamates (subject to hydrolysis) is 1. The van der Waals surface area contributed by atoms with Crippen molar-refractivity contribution in [1.82, 2.24) is 10.2 Å². The fraction of sp³-hybridized carbons (Fsp3) is 0.464. The van der Waals surface area contributed by atoms with Gasteiger partial charge in [-0.1, -0.05) is 48.5 Å². The van der Waals surface area contributed by atoms with Gasteiger partial charge in [0.1, 0.15) is 18.2 Å². The van der Waals surface area contributed by atoms with Crippen LogP contribution in [0.3, 0.4) is 0 Å². The maximum Gasteiger partial charge on any atom is 0.410 e. The van der Waals surface area contributed by atoms with Crippen molar-refractivity contribution in [2.45, 2.75) is 51.2 Å². The number of thioether (sulfide) groups is 1. The minimum absolute atomic E-state index is 0.106. The molecule has 2 N–H and O–H groups in total. The third-order valence-corrected chi connectivity index (χ3v) is 6.72. The number of hydrogen-bond acceptors (Lipinski definition) is 6. The maximum atomic E-state index is 13.3. The van der Waals surface area contributed by atoms with Gasteiger partial charge in [-0.25, -0.2) is 14.4 Å². The Bertz CT molecular complexity index is 1050. The first-order valence-electron chi connectivity index (χ1n) is 12.4. The Balaban J connectivity index is 1.69. The molecule has 1 aliphatic rings. The third kappa shape index (κ3) is 7.64. The summed E-state index contributed by atoms with van der Waals surface area (Å²) in [5, 5.41) is 12.5. The van der Waals surface area contributed by atoms with Crippen LogP contribution in [0.1, 0.15) is 50.7 Å². The second-order valence-electron chi connectivity index (χ2n) is 9.92. The van der Waals surface area contributed by atoms with E-state index in [1.54, 1.807) is 20.8 Å². The average molecular weight is 529 g/mol. The SMILES string of the molecule is CSCC[C@@H](C(=O)O)N(CCCNC(=O)OC(C)(C)C)C(=O)OCC1c2ccccc2-c2ccccc21. The van der Waals surface area contributed by atoms with Gasteiger partial charge in [-0.2, -0.15) is 11.8 Å². The predicted molar refractivity (Wildman–Crippen MR) is 145 cm³/mol. The lowest BCUT2D eigenvalue weighted by molar-refractivity contribution is -0.142. The summed E-state index contributed by atoms with van der Waals surface area (Å²) in [7, 11) is 0. The average Bonchev–Trinajstić information content (AvgIpc) is 3.16. The Morgan fingerprint density at radius 1 is 1.05 bits per heavy atom. The Morgan fingerprint density at radius 2 is 1.65 bits per heavy atom. The molecule has 2 aromatic carbocycles. The first-order valence-corrected chi connectivity index (χ1v) is 13.8. The zero-order valence-corrected chi connectivity index (χ0v) is 22.7.